The van der Waals surface area contributed by atoms with Gasteiger partial charge in [0.1, 0.15) is 17.1 Å². The standard InChI is InChI=1S/C15H20BN3O3/c1-14(2)15(3,4)22-16(21-14)10-5-6-12-13(7-10)18-19(17-12)11-8-20-9-11/h5-7,11H,8-9H2,1-4H3. The maximum atomic E-state index is 6.09. The lowest BCUT2D eigenvalue weighted by molar-refractivity contribution is -0.0343. The zero-order chi connectivity index (χ0) is 15.5. The summed E-state index contributed by atoms with van der Waals surface area (Å²) in [6.45, 7) is 9.59. The number of benzene rings is 1. The van der Waals surface area contributed by atoms with Gasteiger partial charge in [-0.3, -0.25) is 0 Å². The number of hydrogen-bond acceptors (Lipinski definition) is 5. The van der Waals surface area contributed by atoms with Crippen LogP contribution in [-0.4, -0.2) is 46.5 Å². The molecule has 0 N–H and O–H groups in total. The van der Waals surface area contributed by atoms with Crippen molar-refractivity contribution in [2.45, 2.75) is 44.9 Å². The Hall–Kier alpha value is -1.44. The van der Waals surface area contributed by atoms with E-state index >= 15 is 0 Å². The molecule has 0 spiro atoms. The molecule has 1 aromatic heterocycles. The van der Waals surface area contributed by atoms with Gasteiger partial charge in [0, 0.05) is 0 Å². The Morgan fingerprint density at radius 1 is 1.05 bits per heavy atom. The minimum atomic E-state index is -0.369. The Kier molecular flexibility index (Phi) is 2.92. The molecule has 0 unspecified atom stereocenters. The Labute approximate surface area is 129 Å². The molecule has 0 aliphatic carbocycles. The van der Waals surface area contributed by atoms with E-state index in [1.165, 1.54) is 0 Å². The molecule has 3 heterocycles. The molecule has 7 heteroatoms. The minimum absolute atomic E-state index is 0.257. The van der Waals surface area contributed by atoms with Gasteiger partial charge in [-0.25, -0.2) is 0 Å². The molecule has 0 saturated carbocycles. The molecule has 0 radical (unpaired) electrons. The number of nitrogens with zero attached hydrogens (tertiary/aromatic N) is 3. The smallest absolute Gasteiger partial charge is 0.399 e. The first-order valence-electron chi connectivity index (χ1n) is 7.66. The number of fused-ring (bicyclic) bond motifs is 1. The number of ether oxygens (including phenoxy) is 1. The molecule has 6 nitrogen and oxygen atoms in total. The molecular weight excluding hydrogens is 281 g/mol. The molecule has 2 saturated heterocycles. The third-order valence-corrected chi connectivity index (χ3v) is 4.89. The van der Waals surface area contributed by atoms with E-state index in [2.05, 4.69) is 37.9 Å². The average molecular weight is 301 g/mol. The molecule has 2 aliphatic rings. The van der Waals surface area contributed by atoms with Gasteiger partial charge in [0.2, 0.25) is 0 Å². The number of rotatable bonds is 2. The first-order valence-corrected chi connectivity index (χ1v) is 7.66. The number of hydrogen-bond donors (Lipinski definition) is 0. The fraction of sp³-hybridized carbons (Fsp3) is 0.600. The predicted octanol–water partition coefficient (Wildman–Crippen LogP) is 1.30. The Balaban J connectivity index is 1.65. The molecule has 0 bridgehead atoms. The van der Waals surface area contributed by atoms with Crippen LogP contribution in [0.4, 0.5) is 0 Å². The van der Waals surface area contributed by atoms with Crippen molar-refractivity contribution in [3.63, 3.8) is 0 Å². The second-order valence-corrected chi connectivity index (χ2v) is 7.05. The van der Waals surface area contributed by atoms with E-state index in [4.69, 9.17) is 14.0 Å². The van der Waals surface area contributed by atoms with Gasteiger partial charge < -0.3 is 14.0 Å². The number of aromatic nitrogens is 3. The van der Waals surface area contributed by atoms with Gasteiger partial charge in [-0.2, -0.15) is 15.0 Å². The van der Waals surface area contributed by atoms with E-state index in [-0.39, 0.29) is 24.4 Å². The summed E-state index contributed by atoms with van der Waals surface area (Å²) in [5, 5.41) is 9.06. The second kappa shape index (κ2) is 4.53. The van der Waals surface area contributed by atoms with E-state index in [1.54, 1.807) is 4.80 Å². The summed E-state index contributed by atoms with van der Waals surface area (Å²) in [5.74, 6) is 0. The largest absolute Gasteiger partial charge is 0.494 e. The first kappa shape index (κ1) is 14.2. The van der Waals surface area contributed by atoms with Crippen LogP contribution in [-0.2, 0) is 14.0 Å². The highest BCUT2D eigenvalue weighted by molar-refractivity contribution is 6.62. The summed E-state index contributed by atoms with van der Waals surface area (Å²) in [6.07, 6.45) is 0. The van der Waals surface area contributed by atoms with Gasteiger partial charge in [-0.05, 0) is 45.3 Å². The molecule has 4 rings (SSSR count). The summed E-state index contributed by atoms with van der Waals surface area (Å²) >= 11 is 0. The highest BCUT2D eigenvalue weighted by Gasteiger charge is 2.51. The van der Waals surface area contributed by atoms with Crippen LogP contribution >= 0.6 is 0 Å². The Bertz CT molecular complexity index is 708. The third kappa shape index (κ3) is 2.07. The topological polar surface area (TPSA) is 58.4 Å². The first-order chi connectivity index (χ1) is 10.4. The highest BCUT2D eigenvalue weighted by atomic mass is 16.7. The van der Waals surface area contributed by atoms with Crippen LogP contribution < -0.4 is 5.46 Å². The third-order valence-electron chi connectivity index (χ3n) is 4.89. The minimum Gasteiger partial charge on any atom is -0.399 e. The summed E-state index contributed by atoms with van der Waals surface area (Å²) in [4.78, 5) is 1.75. The van der Waals surface area contributed by atoms with Crippen LogP contribution in [0.5, 0.6) is 0 Å². The van der Waals surface area contributed by atoms with Gasteiger partial charge in [0.15, 0.2) is 0 Å². The molecule has 2 aliphatic heterocycles. The molecule has 22 heavy (non-hydrogen) atoms. The Morgan fingerprint density at radius 2 is 1.68 bits per heavy atom. The molecule has 1 aromatic carbocycles. The van der Waals surface area contributed by atoms with Gasteiger partial charge in [0.05, 0.1) is 24.4 Å². The van der Waals surface area contributed by atoms with Crippen molar-refractivity contribution in [2.24, 2.45) is 0 Å². The maximum Gasteiger partial charge on any atom is 0.494 e. The highest BCUT2D eigenvalue weighted by Crippen LogP contribution is 2.36. The summed E-state index contributed by atoms with van der Waals surface area (Å²) in [7, 11) is -0.369. The van der Waals surface area contributed by atoms with Crippen molar-refractivity contribution < 1.29 is 14.0 Å². The maximum absolute atomic E-state index is 6.09. The summed E-state index contributed by atoms with van der Waals surface area (Å²) in [5.41, 5.74) is 2.04. The zero-order valence-electron chi connectivity index (χ0n) is 13.4. The van der Waals surface area contributed by atoms with Crippen LogP contribution in [0.2, 0.25) is 0 Å². The van der Waals surface area contributed by atoms with Crippen molar-refractivity contribution >= 4 is 23.6 Å². The predicted molar refractivity (Wildman–Crippen MR) is 83.1 cm³/mol. The van der Waals surface area contributed by atoms with Gasteiger partial charge in [-0.1, -0.05) is 6.07 Å². The van der Waals surface area contributed by atoms with Crippen molar-refractivity contribution in [1.82, 2.24) is 15.0 Å². The van der Waals surface area contributed by atoms with Crippen LogP contribution in [0.15, 0.2) is 18.2 Å². The van der Waals surface area contributed by atoms with Crippen LogP contribution in [0.1, 0.15) is 33.7 Å². The SMILES string of the molecule is CC1(C)OB(c2ccc3nn(C4COC4)nc3c2)OC1(C)C. The van der Waals surface area contributed by atoms with Crippen LogP contribution in [0.3, 0.4) is 0 Å². The molecule has 0 amide bonds. The zero-order valence-corrected chi connectivity index (χ0v) is 13.4. The molecule has 0 atom stereocenters. The fourth-order valence-corrected chi connectivity index (χ4v) is 2.59. The van der Waals surface area contributed by atoms with E-state index < -0.39 is 0 Å². The van der Waals surface area contributed by atoms with Gasteiger partial charge >= 0.3 is 7.12 Å². The van der Waals surface area contributed by atoms with Crippen LogP contribution in [0, 0.1) is 0 Å². The normalized spacial score (nSPS) is 23.9. The molecule has 116 valence electrons. The lowest BCUT2D eigenvalue weighted by atomic mass is 9.79. The molecular formula is C15H20BN3O3. The van der Waals surface area contributed by atoms with Crippen molar-refractivity contribution in [1.29, 1.82) is 0 Å². The summed E-state index contributed by atoms with van der Waals surface area (Å²) < 4.78 is 17.4. The van der Waals surface area contributed by atoms with Gasteiger partial charge in [-0.15, -0.1) is 0 Å². The monoisotopic (exact) mass is 301 g/mol. The van der Waals surface area contributed by atoms with E-state index in [9.17, 15) is 0 Å². The fourth-order valence-electron chi connectivity index (χ4n) is 2.59. The van der Waals surface area contributed by atoms with E-state index in [0.717, 1.165) is 16.5 Å². The van der Waals surface area contributed by atoms with E-state index in [0.29, 0.717) is 13.2 Å². The average Bonchev–Trinajstić information content (AvgIpc) is 2.85. The van der Waals surface area contributed by atoms with Gasteiger partial charge in [0.25, 0.3) is 0 Å². The second-order valence-electron chi connectivity index (χ2n) is 7.05. The van der Waals surface area contributed by atoms with Crippen LogP contribution in [0.25, 0.3) is 11.0 Å². The van der Waals surface area contributed by atoms with E-state index in [1.807, 2.05) is 18.2 Å². The molecule has 2 fully saturated rings. The molecule has 2 aromatic rings. The summed E-state index contributed by atoms with van der Waals surface area (Å²) in [6, 6.07) is 6.23. The Morgan fingerprint density at radius 3 is 2.27 bits per heavy atom. The lowest BCUT2D eigenvalue weighted by Gasteiger charge is -2.32. The van der Waals surface area contributed by atoms with Crippen molar-refractivity contribution in [2.75, 3.05) is 13.2 Å². The lowest BCUT2D eigenvalue weighted by Crippen LogP contribution is -2.41. The van der Waals surface area contributed by atoms with Crippen molar-refractivity contribution in [3.05, 3.63) is 18.2 Å². The quantitative estimate of drug-likeness (QED) is 0.783. The van der Waals surface area contributed by atoms with Crippen molar-refractivity contribution in [3.8, 4) is 0 Å².